The number of benzene rings is 1. The standard InChI is InChI=1S/C19H32FN5/c1-4-5-11-23(3)19(21-2)22-10-12-24-13-15-25(16-14-24)18-8-6-17(20)7-9-18/h6-9H,4-5,10-16H2,1-3H3,(H,21,22). The van der Waals surface area contributed by atoms with Gasteiger partial charge in [-0.2, -0.15) is 0 Å². The Morgan fingerprint density at radius 1 is 1.20 bits per heavy atom. The van der Waals surface area contributed by atoms with Crippen LogP contribution < -0.4 is 10.2 Å². The summed E-state index contributed by atoms with van der Waals surface area (Å²) in [6.07, 6.45) is 2.38. The molecule has 1 N–H and O–H groups in total. The largest absolute Gasteiger partial charge is 0.369 e. The van der Waals surface area contributed by atoms with E-state index in [2.05, 4.69) is 39.0 Å². The lowest BCUT2D eigenvalue weighted by Crippen LogP contribution is -2.49. The number of guanidine groups is 1. The normalized spacial score (nSPS) is 16.2. The zero-order valence-electron chi connectivity index (χ0n) is 15.8. The van der Waals surface area contributed by atoms with Crippen molar-refractivity contribution in [1.29, 1.82) is 0 Å². The van der Waals surface area contributed by atoms with Gasteiger partial charge < -0.3 is 15.1 Å². The van der Waals surface area contributed by atoms with E-state index < -0.39 is 0 Å². The average molecular weight is 349 g/mol. The molecule has 0 radical (unpaired) electrons. The highest BCUT2D eigenvalue weighted by Gasteiger charge is 2.17. The van der Waals surface area contributed by atoms with Crippen LogP contribution in [0.2, 0.25) is 0 Å². The SMILES string of the molecule is CCCCN(C)C(=NC)NCCN1CCN(c2ccc(F)cc2)CC1. The minimum absolute atomic E-state index is 0.175. The highest BCUT2D eigenvalue weighted by Crippen LogP contribution is 2.16. The smallest absolute Gasteiger partial charge is 0.193 e. The van der Waals surface area contributed by atoms with Crippen LogP contribution in [0.3, 0.4) is 0 Å². The van der Waals surface area contributed by atoms with Crippen LogP contribution in [-0.4, -0.2) is 75.7 Å². The molecule has 1 aliphatic heterocycles. The molecule has 0 aromatic heterocycles. The number of halogens is 1. The van der Waals surface area contributed by atoms with E-state index in [1.54, 1.807) is 0 Å². The van der Waals surface area contributed by atoms with Crippen molar-refractivity contribution in [2.24, 2.45) is 4.99 Å². The van der Waals surface area contributed by atoms with Gasteiger partial charge in [-0.05, 0) is 30.7 Å². The van der Waals surface area contributed by atoms with Gasteiger partial charge in [-0.3, -0.25) is 9.89 Å². The molecule has 1 aromatic rings. The predicted octanol–water partition coefficient (Wildman–Crippen LogP) is 2.26. The third-order valence-corrected chi connectivity index (χ3v) is 4.70. The summed E-state index contributed by atoms with van der Waals surface area (Å²) in [6.45, 7) is 9.18. The number of anilines is 1. The molecule has 0 saturated carbocycles. The van der Waals surface area contributed by atoms with Crippen LogP contribution in [0, 0.1) is 5.82 Å². The quantitative estimate of drug-likeness (QED) is 0.605. The lowest BCUT2D eigenvalue weighted by molar-refractivity contribution is 0.260. The van der Waals surface area contributed by atoms with Crippen molar-refractivity contribution in [2.75, 3.05) is 64.8 Å². The van der Waals surface area contributed by atoms with Gasteiger partial charge in [-0.25, -0.2) is 4.39 Å². The van der Waals surface area contributed by atoms with E-state index >= 15 is 0 Å². The Kier molecular flexibility index (Phi) is 7.98. The lowest BCUT2D eigenvalue weighted by Gasteiger charge is -2.36. The maximum atomic E-state index is 13.0. The van der Waals surface area contributed by atoms with Gasteiger partial charge >= 0.3 is 0 Å². The minimum Gasteiger partial charge on any atom is -0.369 e. The van der Waals surface area contributed by atoms with Crippen LogP contribution in [0.25, 0.3) is 0 Å². The van der Waals surface area contributed by atoms with Gasteiger partial charge in [0.25, 0.3) is 0 Å². The van der Waals surface area contributed by atoms with Gasteiger partial charge in [0.05, 0.1) is 0 Å². The van der Waals surface area contributed by atoms with Crippen LogP contribution in [0.15, 0.2) is 29.3 Å². The first-order chi connectivity index (χ1) is 12.1. The number of aliphatic imine (C=N–C) groups is 1. The van der Waals surface area contributed by atoms with Crippen molar-refractivity contribution >= 4 is 11.6 Å². The van der Waals surface area contributed by atoms with Gasteiger partial charge in [0.15, 0.2) is 5.96 Å². The third-order valence-electron chi connectivity index (χ3n) is 4.70. The third kappa shape index (κ3) is 6.20. The number of unbranched alkanes of at least 4 members (excludes halogenated alkanes) is 1. The molecule has 5 nitrogen and oxygen atoms in total. The van der Waals surface area contributed by atoms with E-state index in [0.29, 0.717) is 0 Å². The lowest BCUT2D eigenvalue weighted by atomic mass is 10.2. The summed E-state index contributed by atoms with van der Waals surface area (Å²) in [5.74, 6) is 0.796. The fourth-order valence-corrected chi connectivity index (χ4v) is 3.09. The van der Waals surface area contributed by atoms with E-state index in [4.69, 9.17) is 0 Å². The molecule has 0 unspecified atom stereocenters. The molecule has 1 heterocycles. The topological polar surface area (TPSA) is 34.1 Å². The summed E-state index contributed by atoms with van der Waals surface area (Å²) in [5, 5.41) is 3.45. The molecule has 0 amide bonds. The molecule has 1 aliphatic rings. The average Bonchev–Trinajstić information content (AvgIpc) is 2.64. The second kappa shape index (κ2) is 10.2. The maximum absolute atomic E-state index is 13.0. The van der Waals surface area contributed by atoms with Gasteiger partial charge in [-0.1, -0.05) is 13.3 Å². The van der Waals surface area contributed by atoms with Gasteiger partial charge in [0.1, 0.15) is 5.82 Å². The number of hydrogen-bond acceptors (Lipinski definition) is 3. The Hall–Kier alpha value is -1.82. The Morgan fingerprint density at radius 2 is 1.88 bits per heavy atom. The van der Waals surface area contributed by atoms with Crippen molar-refractivity contribution in [3.05, 3.63) is 30.1 Å². The zero-order valence-corrected chi connectivity index (χ0v) is 15.8. The number of piperazine rings is 1. The molecule has 6 heteroatoms. The molecule has 25 heavy (non-hydrogen) atoms. The summed E-state index contributed by atoms with van der Waals surface area (Å²) >= 11 is 0. The number of rotatable bonds is 7. The van der Waals surface area contributed by atoms with Gasteiger partial charge in [0, 0.05) is 65.6 Å². The first-order valence-electron chi connectivity index (χ1n) is 9.28. The van der Waals surface area contributed by atoms with E-state index in [1.165, 1.54) is 25.0 Å². The highest BCUT2D eigenvalue weighted by molar-refractivity contribution is 5.79. The van der Waals surface area contributed by atoms with Crippen molar-refractivity contribution in [3.8, 4) is 0 Å². The zero-order chi connectivity index (χ0) is 18.1. The molecule has 1 aromatic carbocycles. The molecule has 0 aliphatic carbocycles. The number of nitrogens with one attached hydrogen (secondary N) is 1. The summed E-state index contributed by atoms with van der Waals surface area (Å²) in [6, 6.07) is 6.80. The summed E-state index contributed by atoms with van der Waals surface area (Å²) < 4.78 is 13.0. The second-order valence-corrected chi connectivity index (χ2v) is 6.55. The molecule has 140 valence electrons. The first kappa shape index (κ1) is 19.5. The molecule has 0 spiro atoms. The molecular weight excluding hydrogens is 317 g/mol. The van der Waals surface area contributed by atoms with Crippen LogP contribution >= 0.6 is 0 Å². The van der Waals surface area contributed by atoms with Crippen LogP contribution in [0.1, 0.15) is 19.8 Å². The van der Waals surface area contributed by atoms with Crippen LogP contribution in [-0.2, 0) is 0 Å². The Bertz CT molecular complexity index is 523. The Morgan fingerprint density at radius 3 is 2.48 bits per heavy atom. The van der Waals surface area contributed by atoms with Crippen molar-refractivity contribution in [1.82, 2.24) is 15.1 Å². The predicted molar refractivity (Wildman–Crippen MR) is 104 cm³/mol. The van der Waals surface area contributed by atoms with Crippen molar-refractivity contribution < 1.29 is 4.39 Å². The summed E-state index contributed by atoms with van der Waals surface area (Å²) in [5.41, 5.74) is 1.11. The van der Waals surface area contributed by atoms with Crippen LogP contribution in [0.5, 0.6) is 0 Å². The number of hydrogen-bond donors (Lipinski definition) is 1. The molecule has 0 atom stereocenters. The van der Waals surface area contributed by atoms with Gasteiger partial charge in [-0.15, -0.1) is 0 Å². The first-order valence-corrected chi connectivity index (χ1v) is 9.28. The summed E-state index contributed by atoms with van der Waals surface area (Å²) in [7, 11) is 3.93. The fraction of sp³-hybridized carbons (Fsp3) is 0.632. The Balaban J connectivity index is 1.69. The maximum Gasteiger partial charge on any atom is 0.193 e. The van der Waals surface area contributed by atoms with Gasteiger partial charge in [0.2, 0.25) is 0 Å². The van der Waals surface area contributed by atoms with Crippen molar-refractivity contribution in [2.45, 2.75) is 19.8 Å². The molecule has 2 rings (SSSR count). The molecular formula is C19H32FN5. The monoisotopic (exact) mass is 349 g/mol. The minimum atomic E-state index is -0.175. The highest BCUT2D eigenvalue weighted by atomic mass is 19.1. The Labute approximate surface area is 151 Å². The molecule has 1 saturated heterocycles. The van der Waals surface area contributed by atoms with Crippen molar-refractivity contribution in [3.63, 3.8) is 0 Å². The van der Waals surface area contributed by atoms with E-state index in [0.717, 1.165) is 57.5 Å². The fourth-order valence-electron chi connectivity index (χ4n) is 3.09. The van der Waals surface area contributed by atoms with Crippen LogP contribution in [0.4, 0.5) is 10.1 Å². The molecule has 1 fully saturated rings. The second-order valence-electron chi connectivity index (χ2n) is 6.55. The van der Waals surface area contributed by atoms with E-state index in [9.17, 15) is 4.39 Å². The summed E-state index contributed by atoms with van der Waals surface area (Å²) in [4.78, 5) is 11.3. The molecule has 0 bridgehead atoms. The van der Waals surface area contributed by atoms with E-state index in [1.807, 2.05) is 19.2 Å². The number of nitrogens with zero attached hydrogens (tertiary/aromatic N) is 4. The van der Waals surface area contributed by atoms with E-state index in [-0.39, 0.29) is 5.82 Å².